The zero-order chi connectivity index (χ0) is 9.26. The Kier molecular flexibility index (Phi) is 2.60. The van der Waals surface area contributed by atoms with Crippen molar-refractivity contribution in [3.63, 3.8) is 0 Å². The van der Waals surface area contributed by atoms with Crippen LogP contribution in [0.5, 0.6) is 0 Å². The van der Waals surface area contributed by atoms with Crippen molar-refractivity contribution in [2.45, 2.75) is 44.6 Å². The second kappa shape index (κ2) is 3.72. The topological polar surface area (TPSA) is 51.8 Å². The van der Waals surface area contributed by atoms with Gasteiger partial charge in [-0.2, -0.15) is 4.37 Å². The van der Waals surface area contributed by atoms with Gasteiger partial charge in [0.15, 0.2) is 0 Å². The van der Waals surface area contributed by atoms with Crippen LogP contribution in [-0.2, 0) is 0 Å². The van der Waals surface area contributed by atoms with Crippen molar-refractivity contribution in [1.29, 1.82) is 0 Å². The summed E-state index contributed by atoms with van der Waals surface area (Å²) >= 11 is 1.56. The van der Waals surface area contributed by atoms with E-state index in [2.05, 4.69) is 9.36 Å². The Balaban J connectivity index is 2.02. The minimum absolute atomic E-state index is 0.422. The van der Waals surface area contributed by atoms with E-state index in [1.165, 1.54) is 17.8 Å². The maximum atomic E-state index is 5.85. The molecule has 0 unspecified atom stereocenters. The molecule has 2 rings (SSSR count). The molecule has 1 heterocycles. The fourth-order valence-corrected chi connectivity index (χ4v) is 2.67. The first-order valence-electron chi connectivity index (χ1n) is 4.81. The largest absolute Gasteiger partial charge is 0.328 e. The normalized spacial score (nSPS) is 29.1. The summed E-state index contributed by atoms with van der Waals surface area (Å²) in [5.41, 5.74) is 5.85. The van der Waals surface area contributed by atoms with E-state index >= 15 is 0 Å². The van der Waals surface area contributed by atoms with Crippen LogP contribution >= 0.6 is 11.5 Å². The lowest BCUT2D eigenvalue weighted by molar-refractivity contribution is 0.394. The predicted molar refractivity (Wildman–Crippen MR) is 53.8 cm³/mol. The standard InChI is InChI=1S/C9H15N3S/c1-6-11-9(13-12-6)7-2-4-8(10)5-3-7/h7-8H,2-5,10H2,1H3. The summed E-state index contributed by atoms with van der Waals surface area (Å²) in [4.78, 5) is 4.43. The van der Waals surface area contributed by atoms with E-state index in [1.807, 2.05) is 6.92 Å². The first-order chi connectivity index (χ1) is 6.25. The number of hydrogen-bond acceptors (Lipinski definition) is 4. The van der Waals surface area contributed by atoms with Crippen molar-refractivity contribution in [2.24, 2.45) is 5.73 Å². The van der Waals surface area contributed by atoms with Gasteiger partial charge in [-0.05, 0) is 44.1 Å². The summed E-state index contributed by atoms with van der Waals surface area (Å²) in [7, 11) is 0. The Morgan fingerprint density at radius 3 is 2.54 bits per heavy atom. The summed E-state index contributed by atoms with van der Waals surface area (Å²) in [5.74, 6) is 1.54. The molecule has 1 aromatic rings. The molecule has 2 N–H and O–H groups in total. The molecule has 13 heavy (non-hydrogen) atoms. The van der Waals surface area contributed by atoms with Crippen molar-refractivity contribution in [3.8, 4) is 0 Å². The maximum Gasteiger partial charge on any atom is 0.139 e. The Bertz CT molecular complexity index is 276. The van der Waals surface area contributed by atoms with Crippen molar-refractivity contribution >= 4 is 11.5 Å². The van der Waals surface area contributed by atoms with Crippen molar-refractivity contribution < 1.29 is 0 Å². The van der Waals surface area contributed by atoms with Gasteiger partial charge in [0.2, 0.25) is 0 Å². The Morgan fingerprint density at radius 1 is 1.31 bits per heavy atom. The Labute approximate surface area is 82.5 Å². The number of hydrogen-bond donors (Lipinski definition) is 1. The molecule has 0 spiro atoms. The summed E-state index contributed by atoms with van der Waals surface area (Å²) in [6, 6.07) is 0.422. The third-order valence-corrected chi connectivity index (χ3v) is 3.63. The molecule has 1 saturated carbocycles. The fraction of sp³-hybridized carbons (Fsp3) is 0.778. The molecule has 4 heteroatoms. The van der Waals surface area contributed by atoms with Gasteiger partial charge in [-0.15, -0.1) is 0 Å². The summed E-state index contributed by atoms with van der Waals surface area (Å²) in [5, 5.41) is 1.21. The number of aryl methyl sites for hydroxylation is 1. The van der Waals surface area contributed by atoms with Crippen molar-refractivity contribution in [3.05, 3.63) is 10.8 Å². The van der Waals surface area contributed by atoms with Crippen LogP contribution in [-0.4, -0.2) is 15.4 Å². The van der Waals surface area contributed by atoms with Crippen LogP contribution in [0.1, 0.15) is 42.4 Å². The van der Waals surface area contributed by atoms with Crippen LogP contribution in [0.3, 0.4) is 0 Å². The molecular formula is C9H15N3S. The monoisotopic (exact) mass is 197 g/mol. The zero-order valence-corrected chi connectivity index (χ0v) is 8.68. The summed E-state index contributed by atoms with van der Waals surface area (Å²) in [6.45, 7) is 1.95. The molecule has 0 amide bonds. The van der Waals surface area contributed by atoms with Gasteiger partial charge in [-0.1, -0.05) is 0 Å². The quantitative estimate of drug-likeness (QED) is 0.747. The van der Waals surface area contributed by atoms with Gasteiger partial charge >= 0.3 is 0 Å². The highest BCUT2D eigenvalue weighted by molar-refractivity contribution is 7.05. The molecule has 1 aliphatic rings. The van der Waals surface area contributed by atoms with Crippen LogP contribution in [0.2, 0.25) is 0 Å². The number of aromatic nitrogens is 2. The van der Waals surface area contributed by atoms with E-state index in [0.29, 0.717) is 12.0 Å². The summed E-state index contributed by atoms with van der Waals surface area (Å²) in [6.07, 6.45) is 4.66. The Hall–Kier alpha value is -0.480. The number of nitrogens with two attached hydrogens (primary N) is 1. The minimum atomic E-state index is 0.422. The molecule has 0 bridgehead atoms. The summed E-state index contributed by atoms with van der Waals surface area (Å²) < 4.78 is 4.21. The highest BCUT2D eigenvalue weighted by atomic mass is 32.1. The fourth-order valence-electron chi connectivity index (χ4n) is 1.85. The van der Waals surface area contributed by atoms with Crippen LogP contribution < -0.4 is 5.73 Å². The highest BCUT2D eigenvalue weighted by Crippen LogP contribution is 2.32. The molecule has 0 aliphatic heterocycles. The maximum absolute atomic E-state index is 5.85. The van der Waals surface area contributed by atoms with Gasteiger partial charge in [0.25, 0.3) is 0 Å². The molecule has 3 nitrogen and oxygen atoms in total. The van der Waals surface area contributed by atoms with Crippen LogP contribution in [0.15, 0.2) is 0 Å². The average Bonchev–Trinajstić information content (AvgIpc) is 2.53. The molecule has 0 saturated heterocycles. The van der Waals surface area contributed by atoms with E-state index in [-0.39, 0.29) is 0 Å². The van der Waals surface area contributed by atoms with Gasteiger partial charge in [-0.3, -0.25) is 0 Å². The molecule has 1 fully saturated rings. The highest BCUT2D eigenvalue weighted by Gasteiger charge is 2.22. The van der Waals surface area contributed by atoms with Gasteiger partial charge in [-0.25, -0.2) is 4.98 Å². The van der Waals surface area contributed by atoms with Crippen LogP contribution in [0, 0.1) is 6.92 Å². The third kappa shape index (κ3) is 2.06. The van der Waals surface area contributed by atoms with Gasteiger partial charge in [0.05, 0.1) is 0 Å². The van der Waals surface area contributed by atoms with Gasteiger partial charge in [0, 0.05) is 12.0 Å². The zero-order valence-electron chi connectivity index (χ0n) is 7.86. The number of rotatable bonds is 1. The van der Waals surface area contributed by atoms with E-state index in [0.717, 1.165) is 18.7 Å². The molecule has 0 radical (unpaired) electrons. The van der Waals surface area contributed by atoms with Crippen molar-refractivity contribution in [1.82, 2.24) is 9.36 Å². The first-order valence-corrected chi connectivity index (χ1v) is 5.59. The lowest BCUT2D eigenvalue weighted by Gasteiger charge is -2.23. The molecule has 1 aromatic heterocycles. The third-order valence-electron chi connectivity index (χ3n) is 2.66. The Morgan fingerprint density at radius 2 is 2.00 bits per heavy atom. The second-order valence-corrected chi connectivity index (χ2v) is 4.57. The molecule has 72 valence electrons. The predicted octanol–water partition coefficient (Wildman–Crippen LogP) is 1.83. The van der Waals surface area contributed by atoms with Gasteiger partial charge in [0.1, 0.15) is 10.8 Å². The second-order valence-electron chi connectivity index (χ2n) is 3.79. The average molecular weight is 197 g/mol. The molecule has 0 aromatic carbocycles. The minimum Gasteiger partial charge on any atom is -0.328 e. The van der Waals surface area contributed by atoms with E-state index in [4.69, 9.17) is 5.73 Å². The molecule has 1 aliphatic carbocycles. The first kappa shape index (κ1) is 9.09. The van der Waals surface area contributed by atoms with Crippen LogP contribution in [0.4, 0.5) is 0 Å². The van der Waals surface area contributed by atoms with E-state index in [9.17, 15) is 0 Å². The molecule has 0 atom stereocenters. The van der Waals surface area contributed by atoms with Crippen LogP contribution in [0.25, 0.3) is 0 Å². The SMILES string of the molecule is Cc1nsc(C2CCC(N)CC2)n1. The smallest absolute Gasteiger partial charge is 0.139 e. The van der Waals surface area contributed by atoms with E-state index in [1.54, 1.807) is 11.5 Å². The molecular weight excluding hydrogens is 182 g/mol. The van der Waals surface area contributed by atoms with E-state index < -0.39 is 0 Å². The number of nitrogens with zero attached hydrogens (tertiary/aromatic N) is 2. The lowest BCUT2D eigenvalue weighted by Crippen LogP contribution is -2.25. The van der Waals surface area contributed by atoms with Crippen molar-refractivity contribution in [2.75, 3.05) is 0 Å². The van der Waals surface area contributed by atoms with Gasteiger partial charge < -0.3 is 5.73 Å². The lowest BCUT2D eigenvalue weighted by atomic mass is 9.87.